The van der Waals surface area contributed by atoms with Crippen molar-refractivity contribution in [2.24, 2.45) is 0 Å². The fraction of sp³-hybridized carbons (Fsp3) is 0.143. The highest BCUT2D eigenvalue weighted by atomic mass is 32.1. The van der Waals surface area contributed by atoms with Crippen LogP contribution < -0.4 is 5.32 Å². The van der Waals surface area contributed by atoms with Gasteiger partial charge in [0.2, 0.25) is 0 Å². The van der Waals surface area contributed by atoms with E-state index >= 15 is 0 Å². The molecule has 4 rings (SSSR count). The molecule has 9 heteroatoms. The minimum absolute atomic E-state index is 0.0298. The predicted octanol–water partition coefficient (Wildman–Crippen LogP) is 4.73. The Morgan fingerprint density at radius 2 is 2.00 bits per heavy atom. The van der Waals surface area contributed by atoms with Gasteiger partial charge in [-0.15, -0.1) is 0 Å². The van der Waals surface area contributed by atoms with Crippen molar-refractivity contribution >= 4 is 32.6 Å². The number of anilines is 1. The van der Waals surface area contributed by atoms with Crippen molar-refractivity contribution in [3.05, 3.63) is 71.6 Å². The summed E-state index contributed by atoms with van der Waals surface area (Å²) in [4.78, 5) is 24.9. The first-order valence-corrected chi connectivity index (χ1v) is 9.93. The molecule has 2 N–H and O–H groups in total. The third-order valence-corrected chi connectivity index (χ3v) is 5.41. The number of aliphatic hydroxyl groups excluding tert-OH is 1. The highest BCUT2D eigenvalue weighted by Gasteiger charge is 2.15. The van der Waals surface area contributed by atoms with E-state index in [2.05, 4.69) is 20.3 Å². The first kappa shape index (κ1) is 20.0. The Bertz CT molecular complexity index is 1230. The highest BCUT2D eigenvalue weighted by molar-refractivity contribution is 7.22. The summed E-state index contributed by atoms with van der Waals surface area (Å²) in [7, 11) is 0. The van der Waals surface area contributed by atoms with Crippen LogP contribution in [0.2, 0.25) is 0 Å². The minimum atomic E-state index is -0.779. The molecule has 0 saturated heterocycles. The van der Waals surface area contributed by atoms with Crippen molar-refractivity contribution in [2.45, 2.75) is 19.4 Å². The van der Waals surface area contributed by atoms with Crippen molar-refractivity contribution in [2.75, 3.05) is 5.32 Å². The summed E-state index contributed by atoms with van der Waals surface area (Å²) in [5.74, 6) is -1.42. The molecule has 4 aromatic rings. The Hall–Kier alpha value is -3.30. The number of rotatable bonds is 5. The number of hydrogen-bond acceptors (Lipinski definition) is 6. The number of nitrogens with zero attached hydrogens (tertiary/aromatic N) is 3. The van der Waals surface area contributed by atoms with E-state index in [-0.39, 0.29) is 22.8 Å². The summed E-state index contributed by atoms with van der Waals surface area (Å²) in [5, 5.41) is 12.8. The second kappa shape index (κ2) is 8.21. The number of fused-ring (bicyclic) bond motifs is 1. The minimum Gasteiger partial charge on any atom is -0.388 e. The lowest BCUT2D eigenvalue weighted by Crippen LogP contribution is -2.12. The van der Waals surface area contributed by atoms with Gasteiger partial charge in [0.05, 0.1) is 27.6 Å². The monoisotopic (exact) mass is 426 g/mol. The van der Waals surface area contributed by atoms with Crippen LogP contribution >= 0.6 is 11.3 Å². The maximum Gasteiger partial charge on any atom is 0.259 e. The van der Waals surface area contributed by atoms with Crippen LogP contribution in [-0.4, -0.2) is 26.0 Å². The van der Waals surface area contributed by atoms with E-state index in [0.29, 0.717) is 27.3 Å². The third-order valence-electron chi connectivity index (χ3n) is 4.47. The molecular formula is C21H16F2N4O2S. The molecule has 3 aromatic heterocycles. The van der Waals surface area contributed by atoms with Crippen molar-refractivity contribution in [1.29, 1.82) is 0 Å². The number of thiazole rings is 1. The quantitative estimate of drug-likeness (QED) is 0.482. The number of amides is 1. The van der Waals surface area contributed by atoms with Crippen LogP contribution in [0.15, 0.2) is 48.8 Å². The molecule has 1 amide bonds. The average molecular weight is 426 g/mol. The van der Waals surface area contributed by atoms with Gasteiger partial charge in [-0.3, -0.25) is 20.1 Å². The zero-order valence-electron chi connectivity index (χ0n) is 15.8. The lowest BCUT2D eigenvalue weighted by Gasteiger charge is -2.09. The van der Waals surface area contributed by atoms with Gasteiger partial charge in [0.15, 0.2) is 10.9 Å². The molecule has 0 fully saturated rings. The van der Waals surface area contributed by atoms with E-state index in [0.717, 1.165) is 11.3 Å². The van der Waals surface area contributed by atoms with E-state index in [1.54, 1.807) is 13.0 Å². The van der Waals surface area contributed by atoms with Gasteiger partial charge in [-0.1, -0.05) is 18.3 Å². The SMILES string of the molecule is CCC(O)c1cnc(-c2ccc(C(=O)Nc3nc4ccc(F)cc4s3)cn2)c(F)c1. The van der Waals surface area contributed by atoms with Gasteiger partial charge >= 0.3 is 0 Å². The zero-order valence-corrected chi connectivity index (χ0v) is 16.6. The smallest absolute Gasteiger partial charge is 0.259 e. The molecule has 0 spiro atoms. The van der Waals surface area contributed by atoms with Crippen LogP contribution in [0.5, 0.6) is 0 Å². The molecule has 1 aromatic carbocycles. The lowest BCUT2D eigenvalue weighted by molar-refractivity contribution is 0.102. The largest absolute Gasteiger partial charge is 0.388 e. The first-order chi connectivity index (χ1) is 14.4. The summed E-state index contributed by atoms with van der Waals surface area (Å²) in [6, 6.07) is 8.42. The second-order valence-electron chi connectivity index (χ2n) is 6.54. The van der Waals surface area contributed by atoms with Gasteiger partial charge in [-0.2, -0.15) is 0 Å². The Balaban J connectivity index is 1.52. The Labute approximate surface area is 174 Å². The maximum atomic E-state index is 14.4. The number of aliphatic hydroxyl groups is 1. The van der Waals surface area contributed by atoms with E-state index < -0.39 is 17.8 Å². The third kappa shape index (κ3) is 4.03. The molecule has 6 nitrogen and oxygen atoms in total. The fourth-order valence-corrected chi connectivity index (χ4v) is 3.73. The topological polar surface area (TPSA) is 88.0 Å². The number of nitrogens with one attached hydrogen (secondary N) is 1. The number of hydrogen-bond donors (Lipinski definition) is 2. The molecule has 0 aliphatic carbocycles. The number of benzene rings is 1. The van der Waals surface area contributed by atoms with E-state index in [9.17, 15) is 18.7 Å². The van der Waals surface area contributed by atoms with Gasteiger partial charge in [-0.05, 0) is 42.8 Å². The molecule has 0 bridgehead atoms. The normalized spacial score (nSPS) is 12.1. The molecule has 0 radical (unpaired) electrons. The Kier molecular flexibility index (Phi) is 5.47. The van der Waals surface area contributed by atoms with Crippen molar-refractivity contribution in [3.8, 4) is 11.4 Å². The molecule has 30 heavy (non-hydrogen) atoms. The molecule has 3 heterocycles. The Morgan fingerprint density at radius 3 is 2.70 bits per heavy atom. The maximum absolute atomic E-state index is 14.4. The summed E-state index contributed by atoms with van der Waals surface area (Å²) in [6.07, 6.45) is 2.39. The van der Waals surface area contributed by atoms with Gasteiger partial charge in [0.1, 0.15) is 11.5 Å². The van der Waals surface area contributed by atoms with Crippen LogP contribution in [0, 0.1) is 11.6 Å². The van der Waals surface area contributed by atoms with E-state index in [1.165, 1.54) is 42.7 Å². The molecule has 0 saturated carbocycles. The Morgan fingerprint density at radius 1 is 1.17 bits per heavy atom. The number of halogens is 2. The van der Waals surface area contributed by atoms with Gasteiger partial charge in [0.25, 0.3) is 5.91 Å². The number of carbonyl (C=O) groups is 1. The average Bonchev–Trinajstić information content (AvgIpc) is 3.14. The van der Waals surface area contributed by atoms with Crippen LogP contribution in [0.25, 0.3) is 21.6 Å². The summed E-state index contributed by atoms with van der Waals surface area (Å²) < 4.78 is 28.3. The molecular weight excluding hydrogens is 410 g/mol. The van der Waals surface area contributed by atoms with E-state index in [1.807, 2.05) is 0 Å². The number of aromatic nitrogens is 3. The van der Waals surface area contributed by atoms with Crippen LogP contribution in [0.3, 0.4) is 0 Å². The fourth-order valence-electron chi connectivity index (χ4n) is 2.85. The molecule has 152 valence electrons. The number of pyridine rings is 2. The van der Waals surface area contributed by atoms with Crippen LogP contribution in [-0.2, 0) is 0 Å². The molecule has 0 aliphatic heterocycles. The van der Waals surface area contributed by atoms with Crippen molar-refractivity contribution in [1.82, 2.24) is 15.0 Å². The lowest BCUT2D eigenvalue weighted by atomic mass is 10.1. The standard InChI is InChI=1S/C21H16F2N4O2S/c1-2-17(28)12-7-14(23)19(25-10-12)16-5-3-11(9-24-16)20(29)27-21-26-15-6-4-13(22)8-18(15)30-21/h3-10,17,28H,2H2,1H3,(H,26,27,29). The van der Waals surface area contributed by atoms with Crippen LogP contribution in [0.4, 0.5) is 13.9 Å². The van der Waals surface area contributed by atoms with Gasteiger partial charge in [-0.25, -0.2) is 13.8 Å². The molecule has 1 atom stereocenters. The van der Waals surface area contributed by atoms with Gasteiger partial charge in [0, 0.05) is 18.0 Å². The highest BCUT2D eigenvalue weighted by Crippen LogP contribution is 2.27. The second-order valence-corrected chi connectivity index (χ2v) is 7.57. The summed E-state index contributed by atoms with van der Waals surface area (Å²) in [6.45, 7) is 1.79. The zero-order chi connectivity index (χ0) is 21.3. The van der Waals surface area contributed by atoms with Crippen LogP contribution in [0.1, 0.15) is 35.4 Å². The van der Waals surface area contributed by atoms with Gasteiger partial charge < -0.3 is 5.11 Å². The predicted molar refractivity (Wildman–Crippen MR) is 110 cm³/mol. The summed E-state index contributed by atoms with van der Waals surface area (Å²) in [5.41, 5.74) is 1.52. The van der Waals surface area contributed by atoms with Crippen molar-refractivity contribution < 1.29 is 18.7 Å². The molecule has 0 aliphatic rings. The number of carbonyl (C=O) groups excluding carboxylic acids is 1. The molecule has 1 unspecified atom stereocenters. The first-order valence-electron chi connectivity index (χ1n) is 9.12. The summed E-state index contributed by atoms with van der Waals surface area (Å²) >= 11 is 1.16. The van der Waals surface area contributed by atoms with E-state index in [4.69, 9.17) is 0 Å². The van der Waals surface area contributed by atoms with Crippen molar-refractivity contribution in [3.63, 3.8) is 0 Å².